The summed E-state index contributed by atoms with van der Waals surface area (Å²) >= 11 is 0. The Labute approximate surface area is 86.7 Å². The zero-order valence-corrected chi connectivity index (χ0v) is 8.54. The van der Waals surface area contributed by atoms with Gasteiger partial charge in [0.2, 0.25) is 0 Å². The number of ether oxygens (including phenoxy) is 2. The quantitative estimate of drug-likeness (QED) is 0.710. The molecule has 6 heteroatoms. The van der Waals surface area contributed by atoms with Crippen LogP contribution in [0.2, 0.25) is 0 Å². The van der Waals surface area contributed by atoms with E-state index in [1.807, 2.05) is 0 Å². The third kappa shape index (κ3) is 2.63. The maximum Gasteiger partial charge on any atom is 0.328 e. The Morgan fingerprint density at radius 2 is 2.07 bits per heavy atom. The Balaban J connectivity index is 2.66. The summed E-state index contributed by atoms with van der Waals surface area (Å²) in [6, 6.07) is -1.88. The average Bonchev–Trinajstić information content (AvgIpc) is 2.28. The summed E-state index contributed by atoms with van der Waals surface area (Å²) in [5.74, 6) is -5.21. The van der Waals surface area contributed by atoms with Gasteiger partial charge in [0.05, 0.1) is 7.11 Å². The average molecular weight is 223 g/mol. The number of carbonyl (C=O) groups is 1. The Bertz CT molecular complexity index is 229. The van der Waals surface area contributed by atoms with Crippen molar-refractivity contribution in [2.75, 3.05) is 20.3 Å². The minimum absolute atomic E-state index is 0.220. The predicted octanol–water partition coefficient (Wildman–Crippen LogP) is 0.549. The van der Waals surface area contributed by atoms with Crippen molar-refractivity contribution in [3.8, 4) is 0 Å². The van der Waals surface area contributed by atoms with Crippen LogP contribution in [0.1, 0.15) is 12.8 Å². The van der Waals surface area contributed by atoms with Crippen molar-refractivity contribution in [2.45, 2.75) is 24.8 Å². The number of halogens is 2. The lowest BCUT2D eigenvalue weighted by molar-refractivity contribution is -0.162. The first-order valence-electron chi connectivity index (χ1n) is 4.79. The van der Waals surface area contributed by atoms with E-state index in [-0.39, 0.29) is 26.1 Å². The summed E-state index contributed by atoms with van der Waals surface area (Å²) in [5.41, 5.74) is 5.17. The fourth-order valence-corrected chi connectivity index (χ4v) is 1.62. The summed E-state index contributed by atoms with van der Waals surface area (Å²) in [6.07, 6.45) is 0.440. The molecular formula is C9H15F2NO3. The van der Waals surface area contributed by atoms with E-state index in [9.17, 15) is 13.6 Å². The van der Waals surface area contributed by atoms with E-state index in [2.05, 4.69) is 4.74 Å². The van der Waals surface area contributed by atoms with Gasteiger partial charge in [0.15, 0.2) is 6.04 Å². The van der Waals surface area contributed by atoms with Crippen LogP contribution in [0.3, 0.4) is 0 Å². The second-order valence-electron chi connectivity index (χ2n) is 3.56. The molecule has 0 aromatic heterocycles. The van der Waals surface area contributed by atoms with E-state index >= 15 is 0 Å². The minimum Gasteiger partial charge on any atom is -0.468 e. The largest absolute Gasteiger partial charge is 0.468 e. The topological polar surface area (TPSA) is 61.5 Å². The standard InChI is InChI=1S/C9H15F2NO3/c1-14-8(13)7(12)9(10,11)6-2-4-15-5-3-6/h6-7H,2-5,12H2,1H3. The number of esters is 1. The van der Waals surface area contributed by atoms with Crippen LogP contribution >= 0.6 is 0 Å². The summed E-state index contributed by atoms with van der Waals surface area (Å²) in [6.45, 7) is 0.572. The Morgan fingerprint density at radius 1 is 1.53 bits per heavy atom. The second-order valence-corrected chi connectivity index (χ2v) is 3.56. The second kappa shape index (κ2) is 4.85. The maximum atomic E-state index is 13.7. The van der Waals surface area contributed by atoms with Crippen LogP contribution in [-0.4, -0.2) is 38.3 Å². The summed E-state index contributed by atoms with van der Waals surface area (Å²) in [5, 5.41) is 0. The van der Waals surface area contributed by atoms with Crippen LogP contribution < -0.4 is 5.73 Å². The van der Waals surface area contributed by atoms with Crippen molar-refractivity contribution in [2.24, 2.45) is 11.7 Å². The molecule has 0 aliphatic carbocycles. The lowest BCUT2D eigenvalue weighted by atomic mass is 9.88. The molecular weight excluding hydrogens is 208 g/mol. The number of nitrogens with two attached hydrogens (primary N) is 1. The van der Waals surface area contributed by atoms with Crippen molar-refractivity contribution in [1.29, 1.82) is 0 Å². The molecule has 1 aliphatic heterocycles. The molecule has 2 N–H and O–H groups in total. The maximum absolute atomic E-state index is 13.7. The number of alkyl halides is 2. The molecule has 0 radical (unpaired) electrons. The number of carbonyl (C=O) groups excluding carboxylic acids is 1. The zero-order valence-electron chi connectivity index (χ0n) is 8.54. The molecule has 1 rings (SSSR count). The van der Waals surface area contributed by atoms with Crippen molar-refractivity contribution in [1.82, 2.24) is 0 Å². The number of hydrogen-bond acceptors (Lipinski definition) is 4. The van der Waals surface area contributed by atoms with Gasteiger partial charge in [-0.05, 0) is 12.8 Å². The molecule has 0 bridgehead atoms. The van der Waals surface area contributed by atoms with Crippen LogP contribution in [0, 0.1) is 5.92 Å². The monoisotopic (exact) mass is 223 g/mol. The summed E-state index contributed by atoms with van der Waals surface area (Å²) < 4.78 is 36.5. The molecule has 0 aromatic rings. The van der Waals surface area contributed by atoms with E-state index < -0.39 is 23.9 Å². The Hall–Kier alpha value is -0.750. The molecule has 4 nitrogen and oxygen atoms in total. The van der Waals surface area contributed by atoms with E-state index in [4.69, 9.17) is 10.5 Å². The fourth-order valence-electron chi connectivity index (χ4n) is 1.62. The third-order valence-electron chi connectivity index (χ3n) is 2.64. The highest BCUT2D eigenvalue weighted by Crippen LogP contribution is 2.34. The molecule has 1 saturated heterocycles. The molecule has 1 aliphatic rings. The molecule has 88 valence electrons. The van der Waals surface area contributed by atoms with E-state index in [1.54, 1.807) is 0 Å². The molecule has 0 spiro atoms. The molecule has 0 aromatic carbocycles. The van der Waals surface area contributed by atoms with Gasteiger partial charge in [0.1, 0.15) is 0 Å². The van der Waals surface area contributed by atoms with Gasteiger partial charge in [-0.25, -0.2) is 8.78 Å². The van der Waals surface area contributed by atoms with Gasteiger partial charge in [-0.1, -0.05) is 0 Å². The normalized spacial score (nSPS) is 21.1. The number of hydrogen-bond donors (Lipinski definition) is 1. The first-order chi connectivity index (χ1) is 7.00. The summed E-state index contributed by atoms with van der Waals surface area (Å²) in [4.78, 5) is 10.9. The van der Waals surface area contributed by atoms with E-state index in [0.717, 1.165) is 7.11 Å². The Kier molecular flexibility index (Phi) is 3.98. The van der Waals surface area contributed by atoms with Crippen molar-refractivity contribution < 1.29 is 23.0 Å². The van der Waals surface area contributed by atoms with Gasteiger partial charge < -0.3 is 15.2 Å². The van der Waals surface area contributed by atoms with Gasteiger partial charge in [-0.15, -0.1) is 0 Å². The molecule has 1 unspecified atom stereocenters. The molecule has 0 saturated carbocycles. The van der Waals surface area contributed by atoms with Crippen molar-refractivity contribution in [3.05, 3.63) is 0 Å². The van der Waals surface area contributed by atoms with Gasteiger partial charge >= 0.3 is 5.97 Å². The highest BCUT2D eigenvalue weighted by atomic mass is 19.3. The SMILES string of the molecule is COC(=O)C(N)C(F)(F)C1CCOCC1. The summed E-state index contributed by atoms with van der Waals surface area (Å²) in [7, 11) is 1.04. The van der Waals surface area contributed by atoms with Crippen LogP contribution in [0.25, 0.3) is 0 Å². The van der Waals surface area contributed by atoms with Gasteiger partial charge in [-0.3, -0.25) is 4.79 Å². The van der Waals surface area contributed by atoms with Gasteiger partial charge in [-0.2, -0.15) is 0 Å². The molecule has 1 atom stereocenters. The lowest BCUT2D eigenvalue weighted by Crippen LogP contribution is -2.53. The van der Waals surface area contributed by atoms with Gasteiger partial charge in [0, 0.05) is 19.1 Å². The van der Waals surface area contributed by atoms with E-state index in [0.29, 0.717) is 0 Å². The highest BCUT2D eigenvalue weighted by Gasteiger charge is 2.49. The lowest BCUT2D eigenvalue weighted by Gasteiger charge is -2.32. The van der Waals surface area contributed by atoms with Crippen molar-refractivity contribution in [3.63, 3.8) is 0 Å². The zero-order chi connectivity index (χ0) is 11.5. The van der Waals surface area contributed by atoms with Crippen LogP contribution in [0.5, 0.6) is 0 Å². The van der Waals surface area contributed by atoms with E-state index in [1.165, 1.54) is 0 Å². The minimum atomic E-state index is -3.23. The molecule has 1 heterocycles. The van der Waals surface area contributed by atoms with Crippen molar-refractivity contribution >= 4 is 5.97 Å². The Morgan fingerprint density at radius 3 is 2.53 bits per heavy atom. The van der Waals surface area contributed by atoms with Crippen LogP contribution in [0.4, 0.5) is 8.78 Å². The first-order valence-corrected chi connectivity index (χ1v) is 4.79. The number of methoxy groups -OCH3 is 1. The van der Waals surface area contributed by atoms with Crippen LogP contribution in [0.15, 0.2) is 0 Å². The van der Waals surface area contributed by atoms with Crippen LogP contribution in [-0.2, 0) is 14.3 Å². The fraction of sp³-hybridized carbons (Fsp3) is 0.889. The van der Waals surface area contributed by atoms with Gasteiger partial charge in [0.25, 0.3) is 5.92 Å². The smallest absolute Gasteiger partial charge is 0.328 e. The molecule has 15 heavy (non-hydrogen) atoms. The first kappa shape index (κ1) is 12.3. The highest BCUT2D eigenvalue weighted by molar-refractivity contribution is 5.76. The predicted molar refractivity (Wildman–Crippen MR) is 48.5 cm³/mol. The number of rotatable bonds is 3. The molecule has 0 amide bonds. The third-order valence-corrected chi connectivity index (χ3v) is 2.64. The molecule has 1 fully saturated rings.